The molecule has 0 spiro atoms. The Labute approximate surface area is 114 Å². The van der Waals surface area contributed by atoms with Gasteiger partial charge in [0.05, 0.1) is 23.6 Å². The van der Waals surface area contributed by atoms with E-state index in [-0.39, 0.29) is 0 Å². The van der Waals surface area contributed by atoms with Crippen molar-refractivity contribution in [3.8, 4) is 17.6 Å². The van der Waals surface area contributed by atoms with Crippen LogP contribution in [0.25, 0.3) is 0 Å². The maximum Gasteiger partial charge on any atom is 0.197 e. The van der Waals surface area contributed by atoms with Gasteiger partial charge in [-0.3, -0.25) is 5.43 Å². The molecular formula is C12H12N4O2S. The molecular weight excluding hydrogens is 264 g/mol. The molecule has 3 N–H and O–H groups in total. The highest BCUT2D eigenvalue weighted by molar-refractivity contribution is 7.15. The number of aromatic nitrogens is 1. The van der Waals surface area contributed by atoms with E-state index in [0.717, 1.165) is 4.88 Å². The van der Waals surface area contributed by atoms with Gasteiger partial charge in [-0.05, 0) is 12.1 Å². The number of nitrogen functional groups attached to an aromatic ring is 1. The lowest BCUT2D eigenvalue weighted by Crippen LogP contribution is -2.05. The van der Waals surface area contributed by atoms with Crippen LogP contribution >= 0.6 is 11.3 Å². The highest BCUT2D eigenvalue weighted by Gasteiger charge is 2.07. The maximum absolute atomic E-state index is 8.81. The van der Waals surface area contributed by atoms with Gasteiger partial charge in [0, 0.05) is 12.3 Å². The summed E-state index contributed by atoms with van der Waals surface area (Å²) in [5.41, 5.74) is 3.00. The predicted molar refractivity (Wildman–Crippen MR) is 72.0 cm³/mol. The number of hydrazine groups is 1. The summed E-state index contributed by atoms with van der Waals surface area (Å²) in [6, 6.07) is 7.07. The van der Waals surface area contributed by atoms with Crippen LogP contribution in [0.3, 0.4) is 0 Å². The molecule has 0 saturated heterocycles. The van der Waals surface area contributed by atoms with Crippen LogP contribution in [0, 0.1) is 11.3 Å². The van der Waals surface area contributed by atoms with Crippen LogP contribution in [0.15, 0.2) is 24.4 Å². The minimum Gasteiger partial charge on any atom is -0.493 e. The Morgan fingerprint density at radius 3 is 2.95 bits per heavy atom. The van der Waals surface area contributed by atoms with Crippen molar-refractivity contribution in [2.24, 2.45) is 5.84 Å². The first-order valence-electron chi connectivity index (χ1n) is 5.39. The Hall–Kier alpha value is -2.30. The first-order chi connectivity index (χ1) is 9.26. The number of ether oxygens (including phenoxy) is 2. The normalized spacial score (nSPS) is 9.74. The Morgan fingerprint density at radius 1 is 1.47 bits per heavy atom. The fraction of sp³-hybridized carbons (Fsp3) is 0.167. The fourth-order valence-electron chi connectivity index (χ4n) is 1.45. The average molecular weight is 276 g/mol. The van der Waals surface area contributed by atoms with Crippen LogP contribution < -0.4 is 20.7 Å². The van der Waals surface area contributed by atoms with Gasteiger partial charge in [-0.25, -0.2) is 10.8 Å². The summed E-state index contributed by atoms with van der Waals surface area (Å²) in [5.74, 6) is 6.36. The van der Waals surface area contributed by atoms with Gasteiger partial charge in [0.1, 0.15) is 6.61 Å². The highest BCUT2D eigenvalue weighted by atomic mass is 32.1. The molecule has 0 saturated carbocycles. The largest absolute Gasteiger partial charge is 0.493 e. The third-order valence-corrected chi connectivity index (χ3v) is 3.24. The third-order valence-electron chi connectivity index (χ3n) is 2.34. The molecule has 6 nitrogen and oxygen atoms in total. The molecule has 0 atom stereocenters. The Balaban J connectivity index is 2.08. The van der Waals surface area contributed by atoms with Crippen molar-refractivity contribution in [2.75, 3.05) is 12.5 Å². The van der Waals surface area contributed by atoms with Crippen molar-refractivity contribution < 1.29 is 9.47 Å². The number of anilines is 1. The van der Waals surface area contributed by atoms with E-state index in [1.807, 2.05) is 6.07 Å². The van der Waals surface area contributed by atoms with Crippen molar-refractivity contribution in [2.45, 2.75) is 6.61 Å². The molecule has 0 fully saturated rings. The summed E-state index contributed by atoms with van der Waals surface area (Å²) in [6.45, 7) is 0.363. The standard InChI is InChI=1S/C12H12N4O2S/c1-17-11-4-8(5-13)2-3-10(11)18-7-9-6-15-12(16-14)19-9/h2-4,6H,7,14H2,1H3,(H,15,16). The molecule has 1 aromatic heterocycles. The molecule has 0 bridgehead atoms. The van der Waals surface area contributed by atoms with Crippen LogP contribution in [0.5, 0.6) is 11.5 Å². The highest BCUT2D eigenvalue weighted by Crippen LogP contribution is 2.29. The first kappa shape index (κ1) is 13.1. The van der Waals surface area contributed by atoms with Crippen molar-refractivity contribution >= 4 is 16.5 Å². The van der Waals surface area contributed by atoms with Gasteiger partial charge in [0.25, 0.3) is 0 Å². The lowest BCUT2D eigenvalue weighted by atomic mass is 10.2. The number of nitrogens with zero attached hydrogens (tertiary/aromatic N) is 2. The zero-order chi connectivity index (χ0) is 13.7. The molecule has 0 amide bonds. The maximum atomic E-state index is 8.81. The Bertz CT molecular complexity index is 606. The van der Waals surface area contributed by atoms with Crippen molar-refractivity contribution in [1.82, 2.24) is 4.98 Å². The minimum atomic E-state index is 0.363. The molecule has 1 aromatic carbocycles. The zero-order valence-electron chi connectivity index (χ0n) is 10.2. The average Bonchev–Trinajstić information content (AvgIpc) is 2.92. The van der Waals surface area contributed by atoms with Gasteiger partial charge in [-0.2, -0.15) is 5.26 Å². The minimum absolute atomic E-state index is 0.363. The van der Waals surface area contributed by atoms with Crippen molar-refractivity contribution in [3.05, 3.63) is 34.8 Å². The van der Waals surface area contributed by atoms with Gasteiger partial charge >= 0.3 is 0 Å². The number of benzene rings is 1. The molecule has 0 aliphatic rings. The van der Waals surface area contributed by atoms with E-state index < -0.39 is 0 Å². The molecule has 0 aliphatic heterocycles. The molecule has 98 valence electrons. The molecule has 1 heterocycles. The summed E-state index contributed by atoms with van der Waals surface area (Å²) in [6.07, 6.45) is 1.69. The topological polar surface area (TPSA) is 93.2 Å². The molecule has 2 aromatic rings. The Morgan fingerprint density at radius 2 is 2.32 bits per heavy atom. The van der Waals surface area contributed by atoms with E-state index in [9.17, 15) is 0 Å². The first-order valence-corrected chi connectivity index (χ1v) is 6.20. The summed E-state index contributed by atoms with van der Waals surface area (Å²) >= 11 is 1.41. The molecule has 7 heteroatoms. The molecule has 0 radical (unpaired) electrons. The zero-order valence-corrected chi connectivity index (χ0v) is 11.0. The smallest absolute Gasteiger partial charge is 0.197 e. The lowest BCUT2D eigenvalue weighted by Gasteiger charge is -2.09. The van der Waals surface area contributed by atoms with Crippen LogP contribution in [0.1, 0.15) is 10.4 Å². The van der Waals surface area contributed by atoms with Crippen LogP contribution in [-0.4, -0.2) is 12.1 Å². The fourth-order valence-corrected chi connectivity index (χ4v) is 2.08. The summed E-state index contributed by atoms with van der Waals surface area (Å²) in [7, 11) is 1.53. The lowest BCUT2D eigenvalue weighted by molar-refractivity contribution is 0.287. The van der Waals surface area contributed by atoms with Gasteiger partial charge in [0.2, 0.25) is 0 Å². The summed E-state index contributed by atoms with van der Waals surface area (Å²) in [5, 5.41) is 9.44. The number of thiazole rings is 1. The number of hydrogen-bond acceptors (Lipinski definition) is 7. The molecule has 0 unspecified atom stereocenters. The second kappa shape index (κ2) is 6.04. The van der Waals surface area contributed by atoms with E-state index >= 15 is 0 Å². The number of nitrogens with one attached hydrogen (secondary N) is 1. The number of hydrogen-bond donors (Lipinski definition) is 2. The SMILES string of the molecule is COc1cc(C#N)ccc1OCc1cnc(NN)s1. The van der Waals surface area contributed by atoms with Crippen LogP contribution in [-0.2, 0) is 6.61 Å². The number of nitriles is 1. The predicted octanol–water partition coefficient (Wildman–Crippen LogP) is 1.89. The van der Waals surface area contributed by atoms with Crippen molar-refractivity contribution in [3.63, 3.8) is 0 Å². The number of rotatable bonds is 5. The van der Waals surface area contributed by atoms with E-state index in [2.05, 4.69) is 10.4 Å². The molecule has 2 rings (SSSR count). The monoisotopic (exact) mass is 276 g/mol. The van der Waals surface area contributed by atoms with E-state index in [1.165, 1.54) is 18.4 Å². The third kappa shape index (κ3) is 3.13. The second-order valence-electron chi connectivity index (χ2n) is 3.54. The van der Waals surface area contributed by atoms with Gasteiger partial charge < -0.3 is 9.47 Å². The van der Waals surface area contributed by atoms with Crippen LogP contribution in [0.4, 0.5) is 5.13 Å². The molecule has 0 aliphatic carbocycles. The summed E-state index contributed by atoms with van der Waals surface area (Å²) in [4.78, 5) is 4.97. The number of nitrogens with two attached hydrogens (primary N) is 1. The second-order valence-corrected chi connectivity index (χ2v) is 4.66. The van der Waals surface area contributed by atoms with Gasteiger partial charge in [0.15, 0.2) is 16.6 Å². The van der Waals surface area contributed by atoms with E-state index in [1.54, 1.807) is 24.4 Å². The Kier molecular flexibility index (Phi) is 4.18. The van der Waals surface area contributed by atoms with Gasteiger partial charge in [-0.15, -0.1) is 0 Å². The quantitative estimate of drug-likeness (QED) is 0.640. The van der Waals surface area contributed by atoms with E-state index in [4.69, 9.17) is 20.6 Å². The van der Waals surface area contributed by atoms with Gasteiger partial charge in [-0.1, -0.05) is 11.3 Å². The number of methoxy groups -OCH3 is 1. The van der Waals surface area contributed by atoms with Crippen molar-refractivity contribution in [1.29, 1.82) is 5.26 Å². The van der Waals surface area contributed by atoms with E-state index in [0.29, 0.717) is 28.8 Å². The molecule has 19 heavy (non-hydrogen) atoms. The van der Waals surface area contributed by atoms with Crippen LogP contribution in [0.2, 0.25) is 0 Å². The summed E-state index contributed by atoms with van der Waals surface area (Å²) < 4.78 is 10.8.